The minimum Gasteiger partial charge on any atom is -0.459 e. The molecule has 23 heteroatoms. The van der Waals surface area contributed by atoms with Crippen LogP contribution in [0.3, 0.4) is 0 Å². The van der Waals surface area contributed by atoms with Crippen LogP contribution in [0.2, 0.25) is 0 Å². The summed E-state index contributed by atoms with van der Waals surface area (Å²) < 4.78 is 21.6. The molecule has 1 fully saturated rings. The van der Waals surface area contributed by atoms with Crippen LogP contribution in [0.15, 0.2) is 78.0 Å². The zero-order valence-corrected chi connectivity index (χ0v) is 40.6. The molecule has 2 atom stereocenters. The van der Waals surface area contributed by atoms with Gasteiger partial charge in [-0.25, -0.2) is 18.9 Å². The number of imide groups is 1. The van der Waals surface area contributed by atoms with E-state index in [4.69, 9.17) is 9.72 Å². The molecule has 0 spiro atoms. The number of cyclic esters (lactones) is 1. The number of aldehydes is 1. The van der Waals surface area contributed by atoms with E-state index in [0.29, 0.717) is 84.0 Å². The number of hydrogen-bond donors (Lipinski definition) is 6. The number of nitrogens with one attached hydrogen (secondary N) is 5. The number of hydrogen-bond acceptors (Lipinski definition) is 15. The van der Waals surface area contributed by atoms with Crippen LogP contribution >= 0.6 is 0 Å². The third-order valence-electron chi connectivity index (χ3n) is 13.1. The number of rotatable bonds is 22. The van der Waals surface area contributed by atoms with Gasteiger partial charge in [0.05, 0.1) is 54.8 Å². The van der Waals surface area contributed by atoms with Crippen molar-refractivity contribution in [2.75, 3.05) is 39.8 Å². The fraction of sp³-hybridized carbons (Fsp3) is 0.373. The van der Waals surface area contributed by atoms with Crippen LogP contribution in [0.4, 0.5) is 4.39 Å². The number of ether oxygens (including phenoxy) is 1. The Balaban J connectivity index is 0.859. The molecule has 0 bridgehead atoms. The minimum absolute atomic E-state index is 0.0652. The molecular formula is C51H54FN11O11. The molecule has 4 aromatic rings. The van der Waals surface area contributed by atoms with Crippen molar-refractivity contribution in [3.8, 4) is 0 Å². The molecule has 6 N–H and O–H groups in total. The monoisotopic (exact) mass is 1020 g/mol. The summed E-state index contributed by atoms with van der Waals surface area (Å²) in [6, 6.07) is 10.8. The van der Waals surface area contributed by atoms with Crippen LogP contribution in [-0.2, 0) is 72.9 Å². The molecule has 7 amide bonds. The molecule has 2 aromatic carbocycles. The van der Waals surface area contributed by atoms with Gasteiger partial charge in [-0.05, 0) is 61.4 Å². The van der Waals surface area contributed by atoms with Crippen molar-refractivity contribution in [3.63, 3.8) is 0 Å². The summed E-state index contributed by atoms with van der Waals surface area (Å²) in [5.74, 6) is -5.00. The number of benzene rings is 2. The van der Waals surface area contributed by atoms with Crippen LogP contribution in [0.25, 0.3) is 16.6 Å². The van der Waals surface area contributed by atoms with Gasteiger partial charge in [0.2, 0.25) is 29.5 Å². The lowest BCUT2D eigenvalue weighted by atomic mass is 9.97. The summed E-state index contributed by atoms with van der Waals surface area (Å²) in [5, 5.41) is 33.2. The van der Waals surface area contributed by atoms with Gasteiger partial charge < -0.3 is 41.3 Å². The highest BCUT2D eigenvalue weighted by molar-refractivity contribution is 6.12. The van der Waals surface area contributed by atoms with E-state index in [1.165, 1.54) is 24.3 Å². The van der Waals surface area contributed by atoms with E-state index in [1.54, 1.807) is 61.2 Å². The number of unbranched alkanes of at least 4 members (excludes halogenated alkanes) is 2. The average molecular weight is 1020 g/mol. The van der Waals surface area contributed by atoms with Crippen LogP contribution in [0, 0.1) is 12.7 Å². The van der Waals surface area contributed by atoms with Crippen molar-refractivity contribution < 1.29 is 57.4 Å². The smallest absolute Gasteiger partial charge is 0.340 e. The Morgan fingerprint density at radius 3 is 2.38 bits per heavy atom. The Morgan fingerprint density at radius 1 is 0.932 bits per heavy atom. The van der Waals surface area contributed by atoms with E-state index < -0.39 is 78.6 Å². The molecule has 2 unspecified atom stereocenters. The van der Waals surface area contributed by atoms with Crippen LogP contribution in [0.1, 0.15) is 72.2 Å². The zero-order valence-electron chi connectivity index (χ0n) is 40.6. The summed E-state index contributed by atoms with van der Waals surface area (Å²) >= 11 is 0. The molecule has 0 saturated heterocycles. The summed E-state index contributed by atoms with van der Waals surface area (Å²) in [4.78, 5) is 120. The molecule has 22 nitrogen and oxygen atoms in total. The first kappa shape index (κ1) is 51.9. The summed E-state index contributed by atoms with van der Waals surface area (Å²) in [5.41, 5.74) is 3.68. The van der Waals surface area contributed by atoms with Crippen LogP contribution < -0.4 is 26.6 Å². The largest absolute Gasteiger partial charge is 0.459 e. The predicted molar refractivity (Wildman–Crippen MR) is 260 cm³/mol. The maximum atomic E-state index is 15.1. The number of fused-ring (bicyclic) bond motifs is 2. The lowest BCUT2D eigenvalue weighted by Gasteiger charge is -2.21. The number of nitrogens with zero attached hydrogens (tertiary/aromatic N) is 6. The topological polar surface area (TPSA) is 293 Å². The number of aryl methyl sites for hydroxylation is 1. The number of pyridine rings is 1. The fourth-order valence-electron chi connectivity index (χ4n) is 8.90. The van der Waals surface area contributed by atoms with Crippen molar-refractivity contribution in [2.24, 2.45) is 0 Å². The second kappa shape index (κ2) is 22.5. The number of halogens is 1. The highest BCUT2D eigenvalue weighted by Gasteiger charge is 2.48. The molecule has 0 radical (unpaired) electrons. The van der Waals surface area contributed by atoms with Crippen molar-refractivity contribution in [3.05, 3.63) is 117 Å². The Bertz CT molecular complexity index is 3020. The normalized spacial score (nSPS) is 17.5. The first-order valence-corrected chi connectivity index (χ1v) is 24.0. The Hall–Kier alpha value is -8.47. The highest BCUT2D eigenvalue weighted by atomic mass is 19.1. The first-order valence-electron chi connectivity index (χ1n) is 24.0. The van der Waals surface area contributed by atoms with Crippen molar-refractivity contribution in [1.82, 2.24) is 56.4 Å². The van der Waals surface area contributed by atoms with Gasteiger partial charge in [0, 0.05) is 73.3 Å². The number of aromatic nitrogens is 4. The molecule has 1 saturated carbocycles. The minimum atomic E-state index is -1.69. The second-order valence-electron chi connectivity index (χ2n) is 18.5. The number of amides is 7. The van der Waals surface area contributed by atoms with E-state index in [0.717, 1.165) is 16.0 Å². The summed E-state index contributed by atoms with van der Waals surface area (Å²) in [7, 11) is 1.78. The summed E-state index contributed by atoms with van der Waals surface area (Å²) in [6.07, 6.45) is 7.30. The van der Waals surface area contributed by atoms with Gasteiger partial charge >= 0.3 is 5.97 Å². The van der Waals surface area contributed by atoms with Gasteiger partial charge in [-0.2, -0.15) is 0 Å². The van der Waals surface area contributed by atoms with E-state index in [2.05, 4.69) is 36.9 Å². The van der Waals surface area contributed by atoms with E-state index in [1.807, 2.05) is 4.90 Å². The third kappa shape index (κ3) is 12.1. The van der Waals surface area contributed by atoms with Crippen LogP contribution in [-0.4, -0.2) is 140 Å². The second-order valence-corrected chi connectivity index (χ2v) is 18.5. The number of carbonyl (C=O) groups excluding carboxylic acids is 9. The highest BCUT2D eigenvalue weighted by Crippen LogP contribution is 2.45. The molecule has 74 heavy (non-hydrogen) atoms. The Morgan fingerprint density at radius 2 is 1.65 bits per heavy atom. The number of esters is 1. The molecule has 2 aromatic heterocycles. The van der Waals surface area contributed by atoms with Gasteiger partial charge in [0.1, 0.15) is 30.4 Å². The van der Waals surface area contributed by atoms with E-state index in [-0.39, 0.29) is 55.5 Å². The molecule has 5 heterocycles. The van der Waals surface area contributed by atoms with Gasteiger partial charge in [0.15, 0.2) is 6.10 Å². The standard InChI is InChI=1S/C51H54FN11O11/c1-29-17-33-34(35-24-61(2)39(47(35)57-37(33)20-36(29)52)19-32-31(27-64)28-74-50(73)48(32)71)25-62-26-40(59-60-62)51(14-15-51)58-44(68)23-55-49(72)38(18-30-9-5-3-6-10-30)56-43(67)22-54-42(66)21-53-41(65)11-7-4-8-16-63-45(69)12-13-46(63)70/h3,5-6,9-10,12-13,17,19-20,26-27,38,48,71H,4,7-8,11,14-16,18,21-25,28H2,1-2H3,(H,53,65)(H,54,66)(H,55,72)(H,56,67)(H,58,68)/b39-19-. The van der Waals surface area contributed by atoms with Gasteiger partial charge in [0.25, 0.3) is 11.8 Å². The molecule has 4 aliphatic rings. The third-order valence-corrected chi connectivity index (χ3v) is 13.1. The molecule has 386 valence electrons. The number of aliphatic hydroxyl groups excluding tert-OH is 1. The number of carbonyl (C=O) groups is 9. The average Bonchev–Trinajstić information content (AvgIpc) is 3.69. The lowest BCUT2D eigenvalue weighted by Crippen LogP contribution is -2.52. The first-order chi connectivity index (χ1) is 35.5. The maximum Gasteiger partial charge on any atom is 0.340 e. The predicted octanol–water partition coefficient (Wildman–Crippen LogP) is 0.188. The van der Waals surface area contributed by atoms with Gasteiger partial charge in [-0.15, -0.1) is 5.10 Å². The SMILES string of the molecule is Cc1cc2c(Cn3cc(C4(NC(=O)CNC(=O)C(Cc5ccccc5)NC(=O)CNC(=O)CNC(=O)CCCCCN5C(=O)C=CC5=O)CC4)nn3)c3c(nc2cc1F)/C(=C/C1=C(C=O)COC(=O)C1O)N(C)C3. The molecule has 3 aliphatic heterocycles. The quantitative estimate of drug-likeness (QED) is 0.0265. The summed E-state index contributed by atoms with van der Waals surface area (Å²) in [6.45, 7) is 0.749. The van der Waals surface area contributed by atoms with Crippen molar-refractivity contribution in [1.29, 1.82) is 0 Å². The maximum absolute atomic E-state index is 15.1. The fourth-order valence-corrected chi connectivity index (χ4v) is 8.90. The van der Waals surface area contributed by atoms with E-state index >= 15 is 4.39 Å². The lowest BCUT2D eigenvalue weighted by molar-refractivity contribution is -0.152. The molecule has 1 aliphatic carbocycles. The van der Waals surface area contributed by atoms with Crippen molar-refractivity contribution in [2.45, 2.75) is 82.6 Å². The molecular weight excluding hydrogens is 962 g/mol. The Labute approximate surface area is 422 Å². The van der Waals surface area contributed by atoms with E-state index in [9.17, 15) is 48.3 Å². The van der Waals surface area contributed by atoms with Crippen LogP contribution in [0.5, 0.6) is 0 Å². The Kier molecular flexibility index (Phi) is 15.8. The number of aliphatic hydroxyl groups is 1. The zero-order chi connectivity index (χ0) is 52.7. The van der Waals surface area contributed by atoms with Crippen molar-refractivity contribution >= 4 is 70.2 Å². The van der Waals surface area contributed by atoms with Gasteiger partial charge in [-0.3, -0.25) is 43.3 Å². The molecule has 8 rings (SSSR count). The van der Waals surface area contributed by atoms with Gasteiger partial charge in [-0.1, -0.05) is 42.0 Å².